The maximum Gasteiger partial charge on any atom is 0.0346 e. The molecule has 0 aliphatic carbocycles. The molecule has 2 N–H and O–H groups in total. The Bertz CT molecular complexity index is 329. The van der Waals surface area contributed by atoms with Crippen molar-refractivity contribution in [1.29, 1.82) is 0 Å². The van der Waals surface area contributed by atoms with Gasteiger partial charge in [-0.15, -0.1) is 0 Å². The van der Waals surface area contributed by atoms with Crippen molar-refractivity contribution >= 4 is 17.4 Å². The predicted octanol–water partition coefficient (Wildman–Crippen LogP) is 3.26. The van der Waals surface area contributed by atoms with Gasteiger partial charge in [-0.25, -0.2) is 0 Å². The van der Waals surface area contributed by atoms with E-state index in [2.05, 4.69) is 30.8 Å². The molecule has 0 aromatic heterocycles. The fourth-order valence-corrected chi connectivity index (χ4v) is 3.35. The molecule has 2 rings (SSSR count). The normalized spacial score (nSPS) is 21.5. The van der Waals surface area contributed by atoms with E-state index in [1.165, 1.54) is 41.9 Å². The first-order valence-corrected chi connectivity index (χ1v) is 6.84. The largest absolute Gasteiger partial charge is 0.399 e. The number of aryl methyl sites for hydroxylation is 1. The number of hydrogen-bond acceptors (Lipinski definition) is 2. The van der Waals surface area contributed by atoms with E-state index >= 15 is 0 Å². The molecule has 82 valence electrons. The summed E-state index contributed by atoms with van der Waals surface area (Å²) in [6.45, 7) is 2.14. The molecule has 1 aromatic rings. The van der Waals surface area contributed by atoms with Crippen molar-refractivity contribution in [2.75, 3.05) is 17.2 Å². The molecule has 1 heterocycles. The van der Waals surface area contributed by atoms with Gasteiger partial charge >= 0.3 is 0 Å². The van der Waals surface area contributed by atoms with Crippen LogP contribution >= 0.6 is 11.8 Å². The van der Waals surface area contributed by atoms with Gasteiger partial charge in [-0.1, -0.05) is 17.7 Å². The molecule has 1 aromatic carbocycles. The highest BCUT2D eigenvalue weighted by Crippen LogP contribution is 2.27. The fourth-order valence-electron chi connectivity index (χ4n) is 2.19. The molecule has 1 nitrogen and oxygen atoms in total. The molecule has 2 heteroatoms. The van der Waals surface area contributed by atoms with Crippen LogP contribution in [0.2, 0.25) is 0 Å². The van der Waals surface area contributed by atoms with Crippen LogP contribution in [0.5, 0.6) is 0 Å². The molecule has 0 radical (unpaired) electrons. The second kappa shape index (κ2) is 4.93. The van der Waals surface area contributed by atoms with Gasteiger partial charge in [-0.3, -0.25) is 0 Å². The van der Waals surface area contributed by atoms with Crippen molar-refractivity contribution in [3.63, 3.8) is 0 Å². The minimum atomic E-state index is 0.841. The Morgan fingerprint density at radius 3 is 3.07 bits per heavy atom. The van der Waals surface area contributed by atoms with Crippen LogP contribution in [-0.2, 0) is 6.42 Å². The van der Waals surface area contributed by atoms with Crippen LogP contribution < -0.4 is 5.73 Å². The van der Waals surface area contributed by atoms with Gasteiger partial charge in [0.1, 0.15) is 0 Å². The summed E-state index contributed by atoms with van der Waals surface area (Å²) >= 11 is 2.09. The van der Waals surface area contributed by atoms with Crippen LogP contribution in [-0.4, -0.2) is 11.5 Å². The van der Waals surface area contributed by atoms with E-state index in [1.54, 1.807) is 0 Å². The predicted molar refractivity (Wildman–Crippen MR) is 69.3 cm³/mol. The minimum absolute atomic E-state index is 0.841. The molecule has 0 spiro atoms. The van der Waals surface area contributed by atoms with Gasteiger partial charge in [-0.05, 0) is 55.2 Å². The van der Waals surface area contributed by atoms with E-state index in [-0.39, 0.29) is 0 Å². The topological polar surface area (TPSA) is 26.0 Å². The third-order valence-electron chi connectivity index (χ3n) is 3.06. The van der Waals surface area contributed by atoms with E-state index < -0.39 is 0 Å². The van der Waals surface area contributed by atoms with Gasteiger partial charge in [0.25, 0.3) is 0 Å². The van der Waals surface area contributed by atoms with Gasteiger partial charge in [0.2, 0.25) is 0 Å². The zero-order valence-electron chi connectivity index (χ0n) is 9.33. The summed E-state index contributed by atoms with van der Waals surface area (Å²) in [6, 6.07) is 6.38. The molecule has 1 unspecified atom stereocenters. The van der Waals surface area contributed by atoms with E-state index in [1.807, 2.05) is 6.07 Å². The van der Waals surface area contributed by atoms with E-state index in [0.29, 0.717) is 0 Å². The molecular formula is C13H19NS. The van der Waals surface area contributed by atoms with Crippen LogP contribution in [0.1, 0.15) is 24.0 Å². The molecule has 0 bridgehead atoms. The molecular weight excluding hydrogens is 202 g/mol. The summed E-state index contributed by atoms with van der Waals surface area (Å²) in [6.07, 6.45) is 3.92. The molecule has 0 amide bonds. The summed E-state index contributed by atoms with van der Waals surface area (Å²) in [7, 11) is 0. The Morgan fingerprint density at radius 2 is 2.33 bits per heavy atom. The fraction of sp³-hybridized carbons (Fsp3) is 0.538. The number of thioether (sulfide) groups is 1. The second-order valence-electron chi connectivity index (χ2n) is 4.49. The zero-order valence-corrected chi connectivity index (χ0v) is 10.1. The van der Waals surface area contributed by atoms with Crippen LogP contribution in [0, 0.1) is 12.8 Å². The van der Waals surface area contributed by atoms with Crippen molar-refractivity contribution in [3.05, 3.63) is 29.3 Å². The van der Waals surface area contributed by atoms with Crippen LogP contribution in [0.3, 0.4) is 0 Å². The van der Waals surface area contributed by atoms with E-state index in [9.17, 15) is 0 Å². The Kier molecular flexibility index (Phi) is 3.57. The third-order valence-corrected chi connectivity index (χ3v) is 4.35. The zero-order chi connectivity index (χ0) is 10.7. The average Bonchev–Trinajstić information content (AvgIpc) is 2.25. The number of anilines is 1. The SMILES string of the molecule is Cc1ccc(N)c(CC2CCCSC2)c1. The Morgan fingerprint density at radius 1 is 1.47 bits per heavy atom. The van der Waals surface area contributed by atoms with Crippen molar-refractivity contribution in [1.82, 2.24) is 0 Å². The Balaban J connectivity index is 2.05. The maximum atomic E-state index is 6.00. The first-order valence-electron chi connectivity index (χ1n) is 5.68. The molecule has 1 aliphatic heterocycles. The highest BCUT2D eigenvalue weighted by atomic mass is 32.2. The third kappa shape index (κ3) is 2.91. The number of rotatable bonds is 2. The molecule has 15 heavy (non-hydrogen) atoms. The number of benzene rings is 1. The lowest BCUT2D eigenvalue weighted by Gasteiger charge is -2.22. The second-order valence-corrected chi connectivity index (χ2v) is 5.64. The highest BCUT2D eigenvalue weighted by Gasteiger charge is 2.15. The van der Waals surface area contributed by atoms with Crippen molar-refractivity contribution in [2.45, 2.75) is 26.2 Å². The van der Waals surface area contributed by atoms with Gasteiger partial charge in [0, 0.05) is 5.69 Å². The maximum absolute atomic E-state index is 6.00. The summed E-state index contributed by atoms with van der Waals surface area (Å²) in [5, 5.41) is 0. The molecule has 1 fully saturated rings. The van der Waals surface area contributed by atoms with E-state index in [0.717, 1.165) is 11.6 Å². The minimum Gasteiger partial charge on any atom is -0.399 e. The van der Waals surface area contributed by atoms with Gasteiger partial charge < -0.3 is 5.73 Å². The lowest BCUT2D eigenvalue weighted by atomic mass is 9.94. The Labute approximate surface area is 96.4 Å². The molecule has 1 aliphatic rings. The van der Waals surface area contributed by atoms with E-state index in [4.69, 9.17) is 5.73 Å². The highest BCUT2D eigenvalue weighted by molar-refractivity contribution is 7.99. The molecule has 1 saturated heterocycles. The first kappa shape index (κ1) is 10.9. The number of hydrogen-bond donors (Lipinski definition) is 1. The first-order chi connectivity index (χ1) is 7.25. The lowest BCUT2D eigenvalue weighted by Crippen LogP contribution is -2.14. The summed E-state index contributed by atoms with van der Waals surface area (Å²) < 4.78 is 0. The summed E-state index contributed by atoms with van der Waals surface area (Å²) in [5.41, 5.74) is 9.64. The Hall–Kier alpha value is -0.630. The van der Waals surface area contributed by atoms with Crippen LogP contribution in [0.4, 0.5) is 5.69 Å². The molecule has 0 saturated carbocycles. The van der Waals surface area contributed by atoms with Crippen LogP contribution in [0.15, 0.2) is 18.2 Å². The van der Waals surface area contributed by atoms with Gasteiger partial charge in [0.15, 0.2) is 0 Å². The number of nitrogens with two attached hydrogens (primary N) is 1. The quantitative estimate of drug-likeness (QED) is 0.776. The van der Waals surface area contributed by atoms with Crippen LogP contribution in [0.25, 0.3) is 0 Å². The van der Waals surface area contributed by atoms with Gasteiger partial charge in [0.05, 0.1) is 0 Å². The number of nitrogen functional groups attached to an aromatic ring is 1. The van der Waals surface area contributed by atoms with Crippen molar-refractivity contribution < 1.29 is 0 Å². The average molecular weight is 221 g/mol. The monoisotopic (exact) mass is 221 g/mol. The summed E-state index contributed by atoms with van der Waals surface area (Å²) in [4.78, 5) is 0. The molecule has 1 atom stereocenters. The summed E-state index contributed by atoms with van der Waals surface area (Å²) in [5.74, 6) is 3.50. The van der Waals surface area contributed by atoms with Crippen molar-refractivity contribution in [3.8, 4) is 0 Å². The van der Waals surface area contributed by atoms with Gasteiger partial charge in [-0.2, -0.15) is 11.8 Å². The smallest absolute Gasteiger partial charge is 0.0346 e. The van der Waals surface area contributed by atoms with Crippen molar-refractivity contribution in [2.24, 2.45) is 5.92 Å². The standard InChI is InChI=1S/C13H19NS/c1-10-4-5-13(14)12(7-10)8-11-3-2-6-15-9-11/h4-5,7,11H,2-3,6,8-9,14H2,1H3. The lowest BCUT2D eigenvalue weighted by molar-refractivity contribution is 0.522.